The third-order valence-corrected chi connectivity index (χ3v) is 5.96. The Morgan fingerprint density at radius 1 is 1.03 bits per heavy atom. The first-order chi connectivity index (χ1) is 14.6. The number of benzene rings is 2. The van der Waals surface area contributed by atoms with Crippen molar-refractivity contribution < 1.29 is 4.79 Å². The van der Waals surface area contributed by atoms with Gasteiger partial charge in [-0.15, -0.1) is 0 Å². The highest BCUT2D eigenvalue weighted by Crippen LogP contribution is 2.18. The van der Waals surface area contributed by atoms with Crippen LogP contribution in [-0.2, 0) is 17.8 Å². The number of H-pyrrole nitrogens is 1. The van der Waals surface area contributed by atoms with Crippen molar-refractivity contribution in [2.24, 2.45) is 0 Å². The number of carbonyl (C=O) groups excluding carboxylic acids is 1. The number of aryl methyl sites for hydroxylation is 1. The fourth-order valence-corrected chi connectivity index (χ4v) is 3.97. The van der Waals surface area contributed by atoms with Gasteiger partial charge in [-0.25, -0.2) is 0 Å². The second-order valence-electron chi connectivity index (χ2n) is 7.76. The lowest BCUT2D eigenvalue weighted by Gasteiger charge is -2.34. The number of aromatic nitrogens is 3. The molecular formula is C23H27N5OS. The Morgan fingerprint density at radius 3 is 2.43 bits per heavy atom. The molecule has 1 amide bonds. The largest absolute Gasteiger partial charge is 0.339 e. The van der Waals surface area contributed by atoms with Crippen LogP contribution in [0.25, 0.3) is 11.4 Å². The maximum Gasteiger partial charge on any atom is 0.242 e. The lowest BCUT2D eigenvalue weighted by Crippen LogP contribution is -2.49. The maximum absolute atomic E-state index is 12.9. The summed E-state index contributed by atoms with van der Waals surface area (Å²) in [5, 5.41) is 7.18. The topological polar surface area (TPSA) is 57.2 Å². The molecule has 1 aliphatic heterocycles. The van der Waals surface area contributed by atoms with Gasteiger partial charge in [0.1, 0.15) is 6.54 Å². The molecule has 2 aromatic carbocycles. The number of carbonyl (C=O) groups is 1. The van der Waals surface area contributed by atoms with Gasteiger partial charge in [-0.3, -0.25) is 19.4 Å². The summed E-state index contributed by atoms with van der Waals surface area (Å²) in [7, 11) is 0. The molecule has 0 unspecified atom stereocenters. The molecule has 1 aromatic heterocycles. The van der Waals surface area contributed by atoms with E-state index in [-0.39, 0.29) is 12.5 Å². The van der Waals surface area contributed by atoms with Gasteiger partial charge in [-0.05, 0) is 31.1 Å². The van der Waals surface area contributed by atoms with Crippen LogP contribution in [0.15, 0.2) is 54.6 Å². The number of hydrogen-bond donors (Lipinski definition) is 1. The molecule has 1 aliphatic rings. The zero-order chi connectivity index (χ0) is 20.9. The van der Waals surface area contributed by atoms with E-state index < -0.39 is 0 Å². The standard InChI is InChI=1S/C23H27N5OS/c1-18-7-9-20(10-8-18)22-24-25-23(30)28(22)17-21(29)27-15-13-26(14-16-27)12-11-19-5-3-2-4-6-19/h2-10H,11-17H2,1H3,(H,25,30). The Morgan fingerprint density at radius 2 is 1.73 bits per heavy atom. The second-order valence-corrected chi connectivity index (χ2v) is 8.15. The van der Waals surface area contributed by atoms with Crippen LogP contribution in [0.5, 0.6) is 0 Å². The molecule has 2 heterocycles. The highest BCUT2D eigenvalue weighted by molar-refractivity contribution is 7.71. The molecule has 6 nitrogen and oxygen atoms in total. The summed E-state index contributed by atoms with van der Waals surface area (Å²) >= 11 is 5.38. The fraction of sp³-hybridized carbons (Fsp3) is 0.348. The van der Waals surface area contributed by atoms with E-state index in [1.807, 2.05) is 42.2 Å². The molecule has 0 spiro atoms. The number of piperazine rings is 1. The molecule has 1 saturated heterocycles. The van der Waals surface area contributed by atoms with E-state index in [1.165, 1.54) is 11.1 Å². The molecule has 4 rings (SSSR count). The summed E-state index contributed by atoms with van der Waals surface area (Å²) in [6.07, 6.45) is 1.04. The SMILES string of the molecule is Cc1ccc(-c2n[nH]c(=S)n2CC(=O)N2CCN(CCc3ccccc3)CC2)cc1. The summed E-state index contributed by atoms with van der Waals surface area (Å²) in [5.74, 6) is 0.790. The Labute approximate surface area is 182 Å². The second kappa shape index (κ2) is 9.36. The molecule has 0 bridgehead atoms. The van der Waals surface area contributed by atoms with Crippen molar-refractivity contribution >= 4 is 18.1 Å². The van der Waals surface area contributed by atoms with Crippen LogP contribution in [0, 0.1) is 11.7 Å². The Kier molecular flexibility index (Phi) is 6.40. The van der Waals surface area contributed by atoms with Gasteiger partial charge < -0.3 is 4.90 Å². The normalized spacial score (nSPS) is 14.8. The van der Waals surface area contributed by atoms with Gasteiger partial charge in [0.2, 0.25) is 5.91 Å². The van der Waals surface area contributed by atoms with Crippen LogP contribution >= 0.6 is 12.2 Å². The van der Waals surface area contributed by atoms with Crippen LogP contribution in [-0.4, -0.2) is 63.2 Å². The first kappa shape index (κ1) is 20.5. The number of rotatable bonds is 6. The molecule has 0 aliphatic carbocycles. The fourth-order valence-electron chi connectivity index (χ4n) is 3.78. The molecule has 1 fully saturated rings. The highest BCUT2D eigenvalue weighted by Gasteiger charge is 2.22. The monoisotopic (exact) mass is 421 g/mol. The molecule has 7 heteroatoms. The van der Waals surface area contributed by atoms with E-state index in [0.29, 0.717) is 10.6 Å². The molecule has 3 aromatic rings. The van der Waals surface area contributed by atoms with Crippen molar-refractivity contribution in [1.29, 1.82) is 0 Å². The van der Waals surface area contributed by atoms with E-state index >= 15 is 0 Å². The third-order valence-electron chi connectivity index (χ3n) is 5.65. The van der Waals surface area contributed by atoms with Crippen LogP contribution in [0.4, 0.5) is 0 Å². The minimum absolute atomic E-state index is 0.0866. The van der Waals surface area contributed by atoms with Crippen molar-refractivity contribution in [2.75, 3.05) is 32.7 Å². The van der Waals surface area contributed by atoms with Crippen molar-refractivity contribution in [3.05, 3.63) is 70.5 Å². The molecule has 156 valence electrons. The van der Waals surface area contributed by atoms with E-state index in [0.717, 1.165) is 44.7 Å². The van der Waals surface area contributed by atoms with Gasteiger partial charge in [0.05, 0.1) is 0 Å². The number of nitrogens with zero attached hydrogens (tertiary/aromatic N) is 4. The van der Waals surface area contributed by atoms with E-state index in [4.69, 9.17) is 12.2 Å². The summed E-state index contributed by atoms with van der Waals surface area (Å²) in [5.41, 5.74) is 3.49. The summed E-state index contributed by atoms with van der Waals surface area (Å²) in [6, 6.07) is 18.6. The molecule has 0 radical (unpaired) electrons. The van der Waals surface area contributed by atoms with Gasteiger partial charge in [0.25, 0.3) is 0 Å². The maximum atomic E-state index is 12.9. The van der Waals surface area contributed by atoms with Crippen LogP contribution in [0.2, 0.25) is 0 Å². The lowest BCUT2D eigenvalue weighted by molar-refractivity contribution is -0.133. The average molecular weight is 422 g/mol. The van der Waals surface area contributed by atoms with E-state index in [2.05, 4.69) is 39.4 Å². The predicted molar refractivity (Wildman–Crippen MR) is 121 cm³/mol. The van der Waals surface area contributed by atoms with Crippen LogP contribution < -0.4 is 0 Å². The summed E-state index contributed by atoms with van der Waals surface area (Å²) in [6.45, 7) is 6.58. The molecule has 0 saturated carbocycles. The Bertz CT molecular complexity index is 1030. The molecular weight excluding hydrogens is 394 g/mol. The van der Waals surface area contributed by atoms with Crippen molar-refractivity contribution in [3.63, 3.8) is 0 Å². The smallest absolute Gasteiger partial charge is 0.242 e. The minimum atomic E-state index is 0.0866. The minimum Gasteiger partial charge on any atom is -0.339 e. The van der Waals surface area contributed by atoms with E-state index in [9.17, 15) is 4.79 Å². The van der Waals surface area contributed by atoms with Gasteiger partial charge in [-0.2, -0.15) is 5.10 Å². The number of hydrogen-bond acceptors (Lipinski definition) is 4. The number of nitrogens with one attached hydrogen (secondary N) is 1. The summed E-state index contributed by atoms with van der Waals surface area (Å²) in [4.78, 5) is 17.3. The van der Waals surface area contributed by atoms with Crippen LogP contribution in [0.1, 0.15) is 11.1 Å². The highest BCUT2D eigenvalue weighted by atomic mass is 32.1. The van der Waals surface area contributed by atoms with Gasteiger partial charge in [-0.1, -0.05) is 60.2 Å². The van der Waals surface area contributed by atoms with Gasteiger partial charge >= 0.3 is 0 Å². The zero-order valence-electron chi connectivity index (χ0n) is 17.3. The Hall–Kier alpha value is -2.77. The predicted octanol–water partition coefficient (Wildman–Crippen LogP) is 3.30. The first-order valence-electron chi connectivity index (χ1n) is 10.4. The summed E-state index contributed by atoms with van der Waals surface area (Å²) < 4.78 is 2.27. The van der Waals surface area contributed by atoms with Crippen molar-refractivity contribution in [1.82, 2.24) is 24.6 Å². The number of aromatic amines is 1. The zero-order valence-corrected chi connectivity index (χ0v) is 18.1. The van der Waals surface area contributed by atoms with Crippen molar-refractivity contribution in [3.8, 4) is 11.4 Å². The first-order valence-corrected chi connectivity index (χ1v) is 10.8. The molecule has 30 heavy (non-hydrogen) atoms. The average Bonchev–Trinajstić information content (AvgIpc) is 3.14. The molecule has 1 N–H and O–H groups in total. The third kappa shape index (κ3) is 4.86. The van der Waals surface area contributed by atoms with Crippen LogP contribution in [0.3, 0.4) is 0 Å². The Balaban J connectivity index is 1.34. The lowest BCUT2D eigenvalue weighted by atomic mass is 10.1. The van der Waals surface area contributed by atoms with E-state index in [1.54, 1.807) is 4.57 Å². The number of amides is 1. The van der Waals surface area contributed by atoms with Gasteiger partial charge in [0.15, 0.2) is 10.6 Å². The quantitative estimate of drug-likeness (QED) is 0.621. The van der Waals surface area contributed by atoms with Gasteiger partial charge in [0, 0.05) is 38.3 Å². The van der Waals surface area contributed by atoms with Crippen molar-refractivity contribution in [2.45, 2.75) is 19.9 Å². The molecule has 0 atom stereocenters.